The summed E-state index contributed by atoms with van der Waals surface area (Å²) in [5.74, 6) is 1.52. The molecule has 1 N–H and O–H groups in total. The Bertz CT molecular complexity index is 790. The largest absolute Gasteiger partial charge is 0.469 e. The number of aryl methyl sites for hydroxylation is 2. The van der Waals surface area contributed by atoms with E-state index in [0.29, 0.717) is 19.5 Å². The second-order valence-corrected chi connectivity index (χ2v) is 7.39. The number of thioether (sulfide) groups is 1. The molecule has 0 atom stereocenters. The van der Waals surface area contributed by atoms with E-state index in [4.69, 9.17) is 4.42 Å². The Hall–Kier alpha value is -2.28. The van der Waals surface area contributed by atoms with Gasteiger partial charge in [0.05, 0.1) is 12.0 Å². The first-order valence-electron chi connectivity index (χ1n) is 8.75. The van der Waals surface area contributed by atoms with Crippen LogP contribution < -0.4 is 10.2 Å². The molecule has 0 fully saturated rings. The van der Waals surface area contributed by atoms with Gasteiger partial charge >= 0.3 is 0 Å². The monoisotopic (exact) mass is 373 g/mol. The van der Waals surface area contributed by atoms with Gasteiger partial charge in [-0.2, -0.15) is 0 Å². The van der Waals surface area contributed by atoms with Gasteiger partial charge in [-0.25, -0.2) is 4.98 Å². The first kappa shape index (κ1) is 18.5. The zero-order valence-corrected chi connectivity index (χ0v) is 15.9. The Labute approximate surface area is 157 Å². The topological polar surface area (TPSA) is 75.4 Å². The van der Waals surface area contributed by atoms with E-state index >= 15 is 0 Å². The van der Waals surface area contributed by atoms with Gasteiger partial charge in [-0.15, -0.1) is 11.8 Å². The minimum Gasteiger partial charge on any atom is -0.469 e. The molecule has 3 rings (SSSR count). The van der Waals surface area contributed by atoms with Crippen molar-refractivity contribution in [2.75, 3.05) is 23.7 Å². The highest BCUT2D eigenvalue weighted by Gasteiger charge is 2.26. The summed E-state index contributed by atoms with van der Waals surface area (Å²) in [7, 11) is 0. The summed E-state index contributed by atoms with van der Waals surface area (Å²) >= 11 is 1.68. The van der Waals surface area contributed by atoms with Crippen molar-refractivity contribution in [3.05, 3.63) is 41.5 Å². The van der Waals surface area contributed by atoms with Crippen LogP contribution >= 0.6 is 11.8 Å². The van der Waals surface area contributed by atoms with Gasteiger partial charge in [-0.05, 0) is 37.6 Å². The van der Waals surface area contributed by atoms with Crippen molar-refractivity contribution >= 4 is 29.3 Å². The molecule has 1 aliphatic rings. The first-order valence-corrected chi connectivity index (χ1v) is 9.73. The predicted molar refractivity (Wildman–Crippen MR) is 101 cm³/mol. The van der Waals surface area contributed by atoms with Gasteiger partial charge < -0.3 is 14.6 Å². The number of furan rings is 1. The Kier molecular flexibility index (Phi) is 5.98. The Morgan fingerprint density at radius 1 is 1.35 bits per heavy atom. The third kappa shape index (κ3) is 4.46. The highest BCUT2D eigenvalue weighted by Crippen LogP contribution is 2.36. The molecule has 0 aliphatic carbocycles. The molecule has 0 bridgehead atoms. The number of carbonyl (C=O) groups excluding carboxylic acids is 2. The van der Waals surface area contributed by atoms with E-state index in [2.05, 4.69) is 10.3 Å². The molecule has 2 aromatic heterocycles. The lowest BCUT2D eigenvalue weighted by molar-refractivity contribution is -0.125. The normalized spacial score (nSPS) is 13.4. The average molecular weight is 373 g/mol. The third-order valence-corrected chi connectivity index (χ3v) is 5.19. The maximum absolute atomic E-state index is 12.7. The van der Waals surface area contributed by atoms with Crippen LogP contribution in [-0.2, 0) is 16.0 Å². The first-order chi connectivity index (χ1) is 12.5. The molecular weight excluding hydrogens is 350 g/mol. The fourth-order valence-corrected chi connectivity index (χ4v) is 4.13. The second kappa shape index (κ2) is 8.40. The van der Waals surface area contributed by atoms with Gasteiger partial charge in [0.25, 0.3) is 0 Å². The fourth-order valence-electron chi connectivity index (χ4n) is 3.04. The van der Waals surface area contributed by atoms with Crippen LogP contribution in [0.2, 0.25) is 0 Å². The molecule has 0 unspecified atom stereocenters. The maximum atomic E-state index is 12.7. The third-order valence-electron chi connectivity index (χ3n) is 4.24. The van der Waals surface area contributed by atoms with Crippen molar-refractivity contribution in [1.82, 2.24) is 10.3 Å². The number of nitrogens with zero attached hydrogens (tertiary/aromatic N) is 2. The number of pyridine rings is 1. The summed E-state index contributed by atoms with van der Waals surface area (Å²) in [6, 6.07) is 5.69. The van der Waals surface area contributed by atoms with E-state index < -0.39 is 0 Å². The average Bonchev–Trinajstić information content (AvgIpc) is 3.12. The van der Waals surface area contributed by atoms with Crippen LogP contribution in [0.5, 0.6) is 0 Å². The lowest BCUT2D eigenvalue weighted by atomic mass is 10.1. The molecule has 6 nitrogen and oxygen atoms in total. The Morgan fingerprint density at radius 2 is 2.19 bits per heavy atom. The summed E-state index contributed by atoms with van der Waals surface area (Å²) in [5.41, 5.74) is 2.91. The van der Waals surface area contributed by atoms with Gasteiger partial charge in [-0.1, -0.05) is 0 Å². The van der Waals surface area contributed by atoms with E-state index in [-0.39, 0.29) is 24.7 Å². The molecule has 0 aromatic carbocycles. The Morgan fingerprint density at radius 3 is 2.96 bits per heavy atom. The van der Waals surface area contributed by atoms with Crippen LogP contribution in [0.25, 0.3) is 0 Å². The molecule has 2 amide bonds. The fraction of sp³-hybridized carbons (Fsp3) is 0.421. The SMILES string of the molecule is Cc1cc(C)c2c(n1)SCCN2C(=O)CCC(=O)NCCc1ccco1. The summed E-state index contributed by atoms with van der Waals surface area (Å²) in [5, 5.41) is 3.74. The molecule has 0 saturated carbocycles. The van der Waals surface area contributed by atoms with Crippen LogP contribution in [0.4, 0.5) is 5.69 Å². The summed E-state index contributed by atoms with van der Waals surface area (Å²) in [4.78, 5) is 31.0. The number of anilines is 1. The van der Waals surface area contributed by atoms with Crippen LogP contribution in [0, 0.1) is 13.8 Å². The summed E-state index contributed by atoms with van der Waals surface area (Å²) < 4.78 is 5.23. The van der Waals surface area contributed by atoms with Crippen molar-refractivity contribution in [3.8, 4) is 0 Å². The minimum absolute atomic E-state index is 0.0264. The molecule has 7 heteroatoms. The van der Waals surface area contributed by atoms with Crippen LogP contribution in [0.15, 0.2) is 33.9 Å². The molecule has 0 radical (unpaired) electrons. The standard InChI is InChI=1S/C19H23N3O3S/c1-13-12-14(2)21-19-18(13)22(9-11-26-19)17(24)6-5-16(23)20-8-7-15-4-3-10-25-15/h3-4,10,12H,5-9,11H2,1-2H3,(H,20,23). The number of hydrogen-bond acceptors (Lipinski definition) is 5. The minimum atomic E-state index is -0.115. The van der Waals surface area contributed by atoms with Crippen LogP contribution in [0.3, 0.4) is 0 Å². The smallest absolute Gasteiger partial charge is 0.227 e. The van der Waals surface area contributed by atoms with Crippen molar-refractivity contribution in [1.29, 1.82) is 0 Å². The highest BCUT2D eigenvalue weighted by molar-refractivity contribution is 7.99. The van der Waals surface area contributed by atoms with E-state index in [1.807, 2.05) is 32.0 Å². The van der Waals surface area contributed by atoms with E-state index in [1.165, 1.54) is 0 Å². The maximum Gasteiger partial charge on any atom is 0.227 e. The molecular formula is C19H23N3O3S. The van der Waals surface area contributed by atoms with Crippen molar-refractivity contribution < 1.29 is 14.0 Å². The zero-order chi connectivity index (χ0) is 18.5. The number of amides is 2. The van der Waals surface area contributed by atoms with Crippen molar-refractivity contribution in [3.63, 3.8) is 0 Å². The molecule has 26 heavy (non-hydrogen) atoms. The van der Waals surface area contributed by atoms with E-state index in [1.54, 1.807) is 22.9 Å². The zero-order valence-electron chi connectivity index (χ0n) is 15.1. The van der Waals surface area contributed by atoms with E-state index in [0.717, 1.165) is 33.5 Å². The number of aromatic nitrogens is 1. The summed E-state index contributed by atoms with van der Waals surface area (Å²) in [6.07, 6.45) is 2.65. The lowest BCUT2D eigenvalue weighted by Crippen LogP contribution is -2.37. The number of carbonyl (C=O) groups is 2. The molecule has 2 aromatic rings. The van der Waals surface area contributed by atoms with Crippen molar-refractivity contribution in [2.24, 2.45) is 0 Å². The Balaban J connectivity index is 1.52. The highest BCUT2D eigenvalue weighted by atomic mass is 32.2. The van der Waals surface area contributed by atoms with Crippen LogP contribution in [0.1, 0.15) is 29.9 Å². The summed E-state index contributed by atoms with van der Waals surface area (Å²) in [6.45, 7) is 5.12. The van der Waals surface area contributed by atoms with Gasteiger partial charge in [0.15, 0.2) is 0 Å². The quantitative estimate of drug-likeness (QED) is 0.843. The number of rotatable bonds is 6. The van der Waals surface area contributed by atoms with E-state index in [9.17, 15) is 9.59 Å². The molecule has 0 saturated heterocycles. The molecule has 3 heterocycles. The number of fused-ring (bicyclic) bond motifs is 1. The molecule has 0 spiro atoms. The number of nitrogens with one attached hydrogen (secondary N) is 1. The van der Waals surface area contributed by atoms with Gasteiger partial charge in [0.1, 0.15) is 10.8 Å². The van der Waals surface area contributed by atoms with Gasteiger partial charge in [0, 0.05) is 43.8 Å². The second-order valence-electron chi connectivity index (χ2n) is 6.31. The molecule has 138 valence electrons. The van der Waals surface area contributed by atoms with Gasteiger partial charge in [-0.3, -0.25) is 9.59 Å². The van der Waals surface area contributed by atoms with Crippen LogP contribution in [-0.4, -0.2) is 35.6 Å². The lowest BCUT2D eigenvalue weighted by Gasteiger charge is -2.30. The van der Waals surface area contributed by atoms with Crippen molar-refractivity contribution in [2.45, 2.75) is 38.1 Å². The van der Waals surface area contributed by atoms with Gasteiger partial charge in [0.2, 0.25) is 11.8 Å². The predicted octanol–water partition coefficient (Wildman–Crippen LogP) is 2.87. The number of hydrogen-bond donors (Lipinski definition) is 1. The molecule has 1 aliphatic heterocycles.